The quantitative estimate of drug-likeness (QED) is 0.281. The molecule has 1 amide bonds. The second-order valence-corrected chi connectivity index (χ2v) is 9.79. The van der Waals surface area contributed by atoms with Crippen LogP contribution in [0.2, 0.25) is 0 Å². The zero-order valence-electron chi connectivity index (χ0n) is 21.3. The highest BCUT2D eigenvalue weighted by Crippen LogP contribution is 2.22. The number of benzene rings is 1. The number of anilines is 1. The summed E-state index contributed by atoms with van der Waals surface area (Å²) in [5, 5.41) is 2.10. The maximum absolute atomic E-state index is 12.3. The molecule has 1 saturated heterocycles. The van der Waals surface area contributed by atoms with E-state index in [1.54, 1.807) is 0 Å². The summed E-state index contributed by atoms with van der Waals surface area (Å²) in [4.78, 5) is 14.7. The van der Waals surface area contributed by atoms with Crippen molar-refractivity contribution >= 4 is 11.6 Å². The van der Waals surface area contributed by atoms with Crippen LogP contribution in [-0.2, 0) is 4.79 Å². The molecular weight excluding hydrogens is 394 g/mol. The van der Waals surface area contributed by atoms with Crippen LogP contribution in [0.15, 0.2) is 18.2 Å². The molecule has 2 rings (SSSR count). The number of amides is 1. The van der Waals surface area contributed by atoms with E-state index in [-0.39, 0.29) is 5.91 Å². The summed E-state index contributed by atoms with van der Waals surface area (Å²) in [7, 11) is 0. The van der Waals surface area contributed by atoms with Crippen molar-refractivity contribution in [2.75, 3.05) is 31.1 Å². The van der Waals surface area contributed by atoms with Crippen molar-refractivity contribution < 1.29 is 4.79 Å². The molecule has 1 aliphatic heterocycles. The Hall–Kier alpha value is -1.55. The van der Waals surface area contributed by atoms with Crippen LogP contribution in [0.4, 0.5) is 5.69 Å². The molecule has 4 nitrogen and oxygen atoms in total. The molecule has 0 atom stereocenters. The zero-order valence-corrected chi connectivity index (χ0v) is 21.3. The molecule has 1 aliphatic rings. The van der Waals surface area contributed by atoms with Gasteiger partial charge in [0.25, 0.3) is 0 Å². The third-order valence-electron chi connectivity index (χ3n) is 6.78. The lowest BCUT2D eigenvalue weighted by Crippen LogP contribution is -2.53. The van der Waals surface area contributed by atoms with Crippen LogP contribution in [0.3, 0.4) is 0 Å². The first-order valence-electron chi connectivity index (χ1n) is 13.5. The van der Waals surface area contributed by atoms with Crippen molar-refractivity contribution in [1.82, 2.24) is 10.4 Å². The number of hydrogen-bond acceptors (Lipinski definition) is 3. The maximum atomic E-state index is 12.3. The zero-order chi connectivity index (χ0) is 23.0. The number of piperazine rings is 1. The number of hydrogen-bond donors (Lipinski definition) is 1. The molecule has 0 saturated carbocycles. The van der Waals surface area contributed by atoms with Crippen LogP contribution < -0.4 is 10.3 Å². The van der Waals surface area contributed by atoms with Gasteiger partial charge in [-0.3, -0.25) is 10.2 Å². The Morgan fingerprint density at radius 1 is 0.781 bits per heavy atom. The lowest BCUT2D eigenvalue weighted by atomic mass is 10.0. The van der Waals surface area contributed by atoms with E-state index in [9.17, 15) is 4.79 Å². The molecule has 32 heavy (non-hydrogen) atoms. The minimum absolute atomic E-state index is 0.188. The molecule has 0 aliphatic carbocycles. The van der Waals surface area contributed by atoms with Crippen LogP contribution >= 0.6 is 0 Å². The molecule has 1 aromatic carbocycles. The summed E-state index contributed by atoms with van der Waals surface area (Å²) in [5.74, 6) is 0.188. The van der Waals surface area contributed by atoms with Gasteiger partial charge >= 0.3 is 0 Å². The van der Waals surface area contributed by atoms with Crippen molar-refractivity contribution in [1.29, 1.82) is 0 Å². The minimum Gasteiger partial charge on any atom is -0.369 e. The highest BCUT2D eigenvalue weighted by Gasteiger charge is 2.19. The second kappa shape index (κ2) is 16.1. The minimum atomic E-state index is 0.188. The Kier molecular flexibility index (Phi) is 13.5. The Balaban J connectivity index is 1.44. The third kappa shape index (κ3) is 10.8. The molecule has 0 radical (unpaired) electrons. The fourth-order valence-corrected chi connectivity index (χ4v) is 4.65. The molecule has 1 heterocycles. The Morgan fingerprint density at radius 3 is 1.88 bits per heavy atom. The topological polar surface area (TPSA) is 35.6 Å². The molecule has 0 aromatic heterocycles. The van der Waals surface area contributed by atoms with Crippen LogP contribution in [-0.4, -0.2) is 37.1 Å². The van der Waals surface area contributed by atoms with Crippen molar-refractivity contribution in [3.05, 3.63) is 29.3 Å². The molecule has 0 spiro atoms. The van der Waals surface area contributed by atoms with Crippen LogP contribution in [0.1, 0.15) is 108 Å². The van der Waals surface area contributed by atoms with E-state index in [1.807, 2.05) is 0 Å². The first-order chi connectivity index (χ1) is 15.6. The monoisotopic (exact) mass is 443 g/mol. The predicted molar refractivity (Wildman–Crippen MR) is 138 cm³/mol. The van der Waals surface area contributed by atoms with Crippen molar-refractivity contribution in [3.63, 3.8) is 0 Å². The van der Waals surface area contributed by atoms with Crippen LogP contribution in [0, 0.1) is 13.8 Å². The molecule has 182 valence electrons. The summed E-state index contributed by atoms with van der Waals surface area (Å²) in [6, 6.07) is 6.65. The number of aryl methyl sites for hydroxylation is 2. The molecule has 0 bridgehead atoms. The van der Waals surface area contributed by atoms with E-state index in [1.165, 1.54) is 93.9 Å². The summed E-state index contributed by atoms with van der Waals surface area (Å²) in [6.45, 7) is 10.3. The second-order valence-electron chi connectivity index (χ2n) is 9.79. The number of hydrazine groups is 1. The SMILES string of the molecule is CCCCCCCCCCCCCCCC(=O)NN1CCN(c2cc(C)ccc2C)CC1. The van der Waals surface area contributed by atoms with E-state index in [0.717, 1.165) is 32.6 Å². The molecular formula is C28H49N3O. The van der Waals surface area contributed by atoms with Gasteiger partial charge in [0, 0.05) is 38.3 Å². The average Bonchev–Trinajstić information content (AvgIpc) is 2.79. The number of nitrogens with one attached hydrogen (secondary N) is 1. The van der Waals surface area contributed by atoms with E-state index in [4.69, 9.17) is 0 Å². The number of unbranched alkanes of at least 4 members (excludes halogenated alkanes) is 12. The predicted octanol–water partition coefficient (Wildman–Crippen LogP) is 6.94. The van der Waals surface area contributed by atoms with Gasteiger partial charge in [-0.25, -0.2) is 5.01 Å². The maximum Gasteiger partial charge on any atom is 0.234 e. The number of carbonyl (C=O) groups is 1. The number of nitrogens with zero attached hydrogens (tertiary/aromatic N) is 2. The van der Waals surface area contributed by atoms with Crippen molar-refractivity contribution in [3.8, 4) is 0 Å². The number of carbonyl (C=O) groups excluding carboxylic acids is 1. The Bertz CT molecular complexity index is 638. The third-order valence-corrected chi connectivity index (χ3v) is 6.78. The molecule has 0 unspecified atom stereocenters. The van der Waals surface area contributed by atoms with Gasteiger partial charge in [0.1, 0.15) is 0 Å². The smallest absolute Gasteiger partial charge is 0.234 e. The van der Waals surface area contributed by atoms with E-state index >= 15 is 0 Å². The fourth-order valence-electron chi connectivity index (χ4n) is 4.65. The lowest BCUT2D eigenvalue weighted by molar-refractivity contribution is -0.126. The van der Waals surface area contributed by atoms with Gasteiger partial charge in [0.2, 0.25) is 5.91 Å². The Morgan fingerprint density at radius 2 is 1.31 bits per heavy atom. The van der Waals surface area contributed by atoms with Crippen LogP contribution in [0.25, 0.3) is 0 Å². The molecule has 1 fully saturated rings. The van der Waals surface area contributed by atoms with E-state index < -0.39 is 0 Å². The van der Waals surface area contributed by atoms with E-state index in [2.05, 4.69) is 54.3 Å². The van der Waals surface area contributed by atoms with Crippen molar-refractivity contribution in [2.45, 2.75) is 111 Å². The largest absolute Gasteiger partial charge is 0.369 e. The number of rotatable bonds is 16. The van der Waals surface area contributed by atoms with Gasteiger partial charge in [-0.05, 0) is 37.5 Å². The van der Waals surface area contributed by atoms with Gasteiger partial charge in [0.05, 0.1) is 0 Å². The normalized spacial score (nSPS) is 14.7. The van der Waals surface area contributed by atoms with E-state index in [0.29, 0.717) is 6.42 Å². The molecule has 1 aromatic rings. The summed E-state index contributed by atoms with van der Waals surface area (Å²) in [5.41, 5.74) is 7.10. The van der Waals surface area contributed by atoms with Gasteiger partial charge in [0.15, 0.2) is 0 Å². The first-order valence-corrected chi connectivity index (χ1v) is 13.5. The summed E-state index contributed by atoms with van der Waals surface area (Å²) in [6.07, 6.45) is 18.1. The van der Waals surface area contributed by atoms with Gasteiger partial charge in [-0.2, -0.15) is 0 Å². The standard InChI is InChI=1S/C28H49N3O/c1-4-5-6-7-8-9-10-11-12-13-14-15-16-17-28(32)29-31-22-20-30(21-23-31)27-24-25(2)18-19-26(27)3/h18-19,24H,4-17,20-23H2,1-3H3,(H,29,32). The fraction of sp³-hybridized carbons (Fsp3) is 0.750. The average molecular weight is 444 g/mol. The van der Waals surface area contributed by atoms with Gasteiger partial charge in [-0.1, -0.05) is 96.1 Å². The summed E-state index contributed by atoms with van der Waals surface area (Å²) >= 11 is 0. The molecule has 1 N–H and O–H groups in total. The lowest BCUT2D eigenvalue weighted by Gasteiger charge is -2.36. The van der Waals surface area contributed by atoms with Gasteiger partial charge < -0.3 is 4.90 Å². The Labute approximate surface area is 198 Å². The van der Waals surface area contributed by atoms with Crippen LogP contribution in [0.5, 0.6) is 0 Å². The van der Waals surface area contributed by atoms with Crippen molar-refractivity contribution in [2.24, 2.45) is 0 Å². The van der Waals surface area contributed by atoms with Gasteiger partial charge in [-0.15, -0.1) is 0 Å². The molecule has 4 heteroatoms. The first kappa shape index (κ1) is 26.7. The highest BCUT2D eigenvalue weighted by atomic mass is 16.2. The highest BCUT2D eigenvalue weighted by molar-refractivity contribution is 5.75. The summed E-state index contributed by atoms with van der Waals surface area (Å²) < 4.78 is 0.